The second kappa shape index (κ2) is 10.2. The Kier molecular flexibility index (Phi) is 8.64. The smallest absolute Gasteiger partial charge is 0.166 e. The van der Waals surface area contributed by atoms with E-state index in [1.807, 2.05) is 0 Å². The van der Waals surface area contributed by atoms with Crippen molar-refractivity contribution < 1.29 is 4.12 Å². The van der Waals surface area contributed by atoms with Gasteiger partial charge in [0.15, 0.2) is 18.1 Å². The summed E-state index contributed by atoms with van der Waals surface area (Å²) in [5.74, 6) is 0. The van der Waals surface area contributed by atoms with Crippen molar-refractivity contribution in [3.8, 4) is 0 Å². The van der Waals surface area contributed by atoms with E-state index in [0.717, 1.165) is 11.1 Å². The van der Waals surface area contributed by atoms with Crippen LogP contribution in [0.4, 0.5) is 0 Å². The maximum absolute atomic E-state index is 7.09. The second-order valence-corrected chi connectivity index (χ2v) is 13.9. The van der Waals surface area contributed by atoms with Crippen LogP contribution in [-0.4, -0.2) is 18.1 Å². The minimum absolute atomic E-state index is 0.914. The van der Waals surface area contributed by atoms with Gasteiger partial charge < -0.3 is 4.12 Å². The van der Waals surface area contributed by atoms with Crippen molar-refractivity contribution in [1.82, 2.24) is 0 Å². The third-order valence-electron chi connectivity index (χ3n) is 5.85. The van der Waals surface area contributed by atoms with E-state index in [4.69, 9.17) is 4.12 Å². The Labute approximate surface area is 136 Å². The van der Waals surface area contributed by atoms with Gasteiger partial charge in [-0.25, -0.2) is 0 Å². The number of rotatable bonds is 8. The quantitative estimate of drug-likeness (QED) is 0.502. The standard InChI is InChI=1S/C18H38OSi2/c1-3-15-20(17-11-7-5-8-12-17)19-21(16-4-2)18-13-9-6-10-14-18/h17-18,20-21H,3-16H2,1-2H3. The Bertz CT molecular complexity index is 234. The van der Waals surface area contributed by atoms with E-state index in [-0.39, 0.29) is 0 Å². The molecule has 0 heterocycles. The molecule has 1 nitrogen and oxygen atoms in total. The molecule has 0 amide bonds. The van der Waals surface area contributed by atoms with Crippen molar-refractivity contribution in [1.29, 1.82) is 0 Å². The van der Waals surface area contributed by atoms with Crippen LogP contribution in [0.1, 0.15) is 90.9 Å². The predicted molar refractivity (Wildman–Crippen MR) is 99.2 cm³/mol. The highest BCUT2D eigenvalue weighted by molar-refractivity contribution is 6.67. The second-order valence-electron chi connectivity index (χ2n) is 7.59. The van der Waals surface area contributed by atoms with Gasteiger partial charge in [0.1, 0.15) is 0 Å². The summed E-state index contributed by atoms with van der Waals surface area (Å²) in [6.45, 7) is 4.76. The summed E-state index contributed by atoms with van der Waals surface area (Å²) in [4.78, 5) is 0. The van der Waals surface area contributed by atoms with Crippen LogP contribution in [0, 0.1) is 0 Å². The van der Waals surface area contributed by atoms with Crippen molar-refractivity contribution >= 4 is 18.1 Å². The highest BCUT2D eigenvalue weighted by Gasteiger charge is 2.32. The molecule has 2 atom stereocenters. The minimum Gasteiger partial charge on any atom is -0.459 e. The molecular weight excluding hydrogens is 288 g/mol. The van der Waals surface area contributed by atoms with Crippen LogP contribution in [0.3, 0.4) is 0 Å². The van der Waals surface area contributed by atoms with E-state index < -0.39 is 18.1 Å². The SMILES string of the molecule is CCC[SiH](O[SiH](CCC)C1CCCCC1)C1CCCCC1. The number of hydrogen-bond acceptors (Lipinski definition) is 1. The van der Waals surface area contributed by atoms with Gasteiger partial charge in [-0.1, -0.05) is 90.9 Å². The molecule has 21 heavy (non-hydrogen) atoms. The van der Waals surface area contributed by atoms with Crippen LogP contribution in [0.25, 0.3) is 0 Å². The molecule has 0 aliphatic heterocycles. The Balaban J connectivity index is 1.92. The lowest BCUT2D eigenvalue weighted by molar-refractivity contribution is 0.423. The molecule has 0 bridgehead atoms. The van der Waals surface area contributed by atoms with Gasteiger partial charge in [0.25, 0.3) is 0 Å². The fraction of sp³-hybridized carbons (Fsp3) is 1.00. The lowest BCUT2D eigenvalue weighted by Gasteiger charge is -2.36. The molecular formula is C18H38OSi2. The van der Waals surface area contributed by atoms with Crippen molar-refractivity contribution in [2.24, 2.45) is 0 Å². The van der Waals surface area contributed by atoms with Crippen LogP contribution in [0.15, 0.2) is 0 Å². The van der Waals surface area contributed by atoms with E-state index in [9.17, 15) is 0 Å². The van der Waals surface area contributed by atoms with Crippen LogP contribution >= 0.6 is 0 Å². The minimum atomic E-state index is -0.914. The first-order chi connectivity index (χ1) is 10.3. The molecule has 2 aliphatic rings. The highest BCUT2D eigenvalue weighted by Crippen LogP contribution is 2.38. The molecule has 0 N–H and O–H groups in total. The molecule has 2 fully saturated rings. The van der Waals surface area contributed by atoms with Gasteiger partial charge in [0.05, 0.1) is 0 Å². The Morgan fingerprint density at radius 2 is 1.05 bits per heavy atom. The largest absolute Gasteiger partial charge is 0.459 e. The van der Waals surface area contributed by atoms with Crippen molar-refractivity contribution in [3.05, 3.63) is 0 Å². The van der Waals surface area contributed by atoms with Gasteiger partial charge in [-0.3, -0.25) is 0 Å². The maximum Gasteiger partial charge on any atom is 0.166 e. The third kappa shape index (κ3) is 5.83. The van der Waals surface area contributed by atoms with Crippen LogP contribution < -0.4 is 0 Å². The van der Waals surface area contributed by atoms with Crippen LogP contribution in [-0.2, 0) is 4.12 Å². The third-order valence-corrected chi connectivity index (χ3v) is 14.4. The molecule has 0 saturated heterocycles. The summed E-state index contributed by atoms with van der Waals surface area (Å²) < 4.78 is 7.09. The number of hydrogen-bond donors (Lipinski definition) is 0. The van der Waals surface area contributed by atoms with E-state index in [2.05, 4.69) is 13.8 Å². The fourth-order valence-corrected chi connectivity index (χ4v) is 13.8. The monoisotopic (exact) mass is 326 g/mol. The molecule has 0 aromatic rings. The maximum atomic E-state index is 7.09. The summed E-state index contributed by atoms with van der Waals surface area (Å²) in [6, 6.07) is 2.93. The summed E-state index contributed by atoms with van der Waals surface area (Å²) in [5, 5.41) is 0. The van der Waals surface area contributed by atoms with Crippen LogP contribution in [0.5, 0.6) is 0 Å². The van der Waals surface area contributed by atoms with E-state index >= 15 is 0 Å². The Morgan fingerprint density at radius 3 is 1.38 bits per heavy atom. The van der Waals surface area contributed by atoms with E-state index in [1.165, 1.54) is 89.1 Å². The molecule has 2 unspecified atom stereocenters. The van der Waals surface area contributed by atoms with Gasteiger partial charge >= 0.3 is 0 Å². The summed E-state index contributed by atoms with van der Waals surface area (Å²) in [7, 11) is -1.83. The molecule has 0 radical (unpaired) electrons. The van der Waals surface area contributed by atoms with Crippen molar-refractivity contribution in [3.63, 3.8) is 0 Å². The molecule has 2 rings (SSSR count). The first-order valence-electron chi connectivity index (χ1n) is 10.0. The zero-order valence-corrected chi connectivity index (χ0v) is 16.9. The van der Waals surface area contributed by atoms with Gasteiger partial charge in [-0.05, 0) is 23.2 Å². The molecule has 0 spiro atoms. The fourth-order valence-electron chi connectivity index (χ4n) is 4.64. The predicted octanol–water partition coefficient (Wildman–Crippen LogP) is 5.94. The molecule has 3 heteroatoms. The summed E-state index contributed by atoms with van der Waals surface area (Å²) in [6.07, 6.45) is 17.7. The lowest BCUT2D eigenvalue weighted by atomic mass is 10.0. The van der Waals surface area contributed by atoms with E-state index in [0.29, 0.717) is 0 Å². The van der Waals surface area contributed by atoms with E-state index in [1.54, 1.807) is 0 Å². The molecule has 0 aromatic heterocycles. The van der Waals surface area contributed by atoms with Gasteiger partial charge in [-0.15, -0.1) is 0 Å². The van der Waals surface area contributed by atoms with Gasteiger partial charge in [-0.2, -0.15) is 0 Å². The van der Waals surface area contributed by atoms with Crippen molar-refractivity contribution in [2.75, 3.05) is 0 Å². The average Bonchev–Trinajstić information content (AvgIpc) is 2.55. The first kappa shape index (κ1) is 17.7. The highest BCUT2D eigenvalue weighted by atomic mass is 28.4. The molecule has 2 saturated carbocycles. The lowest BCUT2D eigenvalue weighted by Crippen LogP contribution is -2.37. The first-order valence-corrected chi connectivity index (χ1v) is 13.9. The van der Waals surface area contributed by atoms with Gasteiger partial charge in [0, 0.05) is 0 Å². The molecule has 124 valence electrons. The Hall–Kier alpha value is 0.394. The van der Waals surface area contributed by atoms with Crippen molar-refractivity contribution in [2.45, 2.75) is 114 Å². The zero-order valence-electron chi connectivity index (χ0n) is 14.6. The zero-order chi connectivity index (χ0) is 14.9. The topological polar surface area (TPSA) is 9.23 Å². The Morgan fingerprint density at radius 1 is 0.667 bits per heavy atom. The summed E-state index contributed by atoms with van der Waals surface area (Å²) >= 11 is 0. The molecule has 2 aliphatic carbocycles. The average molecular weight is 327 g/mol. The normalized spacial score (nSPS) is 24.9. The molecule has 0 aromatic carbocycles. The van der Waals surface area contributed by atoms with Gasteiger partial charge in [0.2, 0.25) is 0 Å². The summed E-state index contributed by atoms with van der Waals surface area (Å²) in [5.41, 5.74) is 2.07. The van der Waals surface area contributed by atoms with Crippen LogP contribution in [0.2, 0.25) is 23.2 Å².